The van der Waals surface area contributed by atoms with E-state index < -0.39 is 0 Å². The van der Waals surface area contributed by atoms with Gasteiger partial charge in [-0.1, -0.05) is 140 Å². The zero-order valence-corrected chi connectivity index (χ0v) is 26.6. The van der Waals surface area contributed by atoms with Crippen LogP contribution in [0, 0.1) is 0 Å². The summed E-state index contributed by atoms with van der Waals surface area (Å²) in [5, 5.41) is 17.5. The first-order valence-electron chi connectivity index (χ1n) is 16.9. The quantitative estimate of drug-likeness (QED) is 0.138. The Morgan fingerprint density at radius 3 is 1.47 bits per heavy atom. The Bertz CT molecular complexity index is 3080. The smallest absolute Gasteiger partial charge is 0.136 e. The van der Waals surface area contributed by atoms with Gasteiger partial charge in [0, 0.05) is 16.2 Å². The predicted molar refractivity (Wildman–Crippen MR) is 210 cm³/mol. The van der Waals surface area contributed by atoms with Crippen LogP contribution in [0.1, 0.15) is 0 Å². The summed E-state index contributed by atoms with van der Waals surface area (Å²) in [6.45, 7) is 0. The molecule has 0 aliphatic rings. The van der Waals surface area contributed by atoms with Gasteiger partial charge in [0.2, 0.25) is 0 Å². The second-order valence-corrected chi connectivity index (χ2v) is 13.2. The predicted octanol–water partition coefficient (Wildman–Crippen LogP) is 13.8. The maximum absolute atomic E-state index is 6.34. The highest BCUT2D eigenvalue weighted by Gasteiger charge is 2.19. The third-order valence-electron chi connectivity index (χ3n) is 10.6. The van der Waals surface area contributed by atoms with Gasteiger partial charge in [0.1, 0.15) is 11.2 Å². The van der Waals surface area contributed by atoms with E-state index in [0.717, 1.165) is 16.6 Å². The number of hydrogen-bond donors (Lipinski definition) is 0. The van der Waals surface area contributed by atoms with Gasteiger partial charge in [-0.25, -0.2) is 0 Å². The Balaban J connectivity index is 1.24. The van der Waals surface area contributed by atoms with Gasteiger partial charge in [-0.15, -0.1) is 0 Å². The lowest BCUT2D eigenvalue weighted by molar-refractivity contribution is 0.669. The number of para-hydroxylation sites is 1. The van der Waals surface area contributed by atoms with Gasteiger partial charge < -0.3 is 4.42 Å². The summed E-state index contributed by atoms with van der Waals surface area (Å²) in [5.74, 6) is 0. The monoisotopic (exact) mass is 620 g/mol. The molecule has 49 heavy (non-hydrogen) atoms. The van der Waals surface area contributed by atoms with Crippen LogP contribution in [-0.4, -0.2) is 0 Å². The van der Waals surface area contributed by atoms with Crippen LogP contribution in [0.15, 0.2) is 174 Å². The Kier molecular flexibility index (Phi) is 5.45. The Morgan fingerprint density at radius 1 is 0.265 bits per heavy atom. The van der Waals surface area contributed by atoms with E-state index in [9.17, 15) is 0 Å². The van der Waals surface area contributed by atoms with Crippen molar-refractivity contribution < 1.29 is 4.42 Å². The molecule has 0 fully saturated rings. The first-order chi connectivity index (χ1) is 24.3. The van der Waals surface area contributed by atoms with Gasteiger partial charge in [-0.2, -0.15) is 0 Å². The molecule has 0 saturated carbocycles. The van der Waals surface area contributed by atoms with Crippen LogP contribution >= 0.6 is 0 Å². The molecule has 11 rings (SSSR count). The number of furan rings is 1. The second kappa shape index (κ2) is 10.0. The standard InChI is InChI=1S/C48H28O/c1-2-12-30-27-31(22-21-29(30)11-1)45-36-15-5-7-17-38(36)46(39-18-8-6-16-37(39)45)32-23-24-34-40-25-26-44-48(41-19-9-10-20-43(41)49-44)47(40)35-14-4-3-13-33(35)42(34)28-32/h1-28H. The average molecular weight is 621 g/mol. The van der Waals surface area contributed by atoms with Crippen molar-refractivity contribution in [3.05, 3.63) is 170 Å². The van der Waals surface area contributed by atoms with Crippen molar-refractivity contribution in [1.82, 2.24) is 0 Å². The summed E-state index contributed by atoms with van der Waals surface area (Å²) in [5.41, 5.74) is 6.89. The molecule has 11 aromatic rings. The van der Waals surface area contributed by atoms with E-state index in [1.54, 1.807) is 0 Å². The minimum Gasteiger partial charge on any atom is -0.456 e. The van der Waals surface area contributed by atoms with Crippen LogP contribution < -0.4 is 0 Å². The molecule has 1 heterocycles. The van der Waals surface area contributed by atoms with E-state index in [2.05, 4.69) is 164 Å². The molecule has 0 atom stereocenters. The van der Waals surface area contributed by atoms with Crippen LogP contribution in [0.5, 0.6) is 0 Å². The van der Waals surface area contributed by atoms with E-state index in [4.69, 9.17) is 4.42 Å². The molecule has 10 aromatic carbocycles. The van der Waals surface area contributed by atoms with Crippen LogP contribution in [-0.2, 0) is 0 Å². The summed E-state index contributed by atoms with van der Waals surface area (Å²) in [7, 11) is 0. The van der Waals surface area contributed by atoms with Gasteiger partial charge in [-0.3, -0.25) is 0 Å². The van der Waals surface area contributed by atoms with Gasteiger partial charge in [0.05, 0.1) is 0 Å². The lowest BCUT2D eigenvalue weighted by Crippen LogP contribution is -1.91. The summed E-state index contributed by atoms with van der Waals surface area (Å²) in [6, 6.07) is 62.1. The lowest BCUT2D eigenvalue weighted by atomic mass is 9.84. The molecule has 0 radical (unpaired) electrons. The summed E-state index contributed by atoms with van der Waals surface area (Å²) < 4.78 is 6.34. The van der Waals surface area contributed by atoms with Crippen LogP contribution in [0.4, 0.5) is 0 Å². The summed E-state index contributed by atoms with van der Waals surface area (Å²) in [6.07, 6.45) is 0. The number of benzene rings is 10. The molecule has 0 N–H and O–H groups in total. The number of fused-ring (bicyclic) bond motifs is 13. The van der Waals surface area contributed by atoms with Crippen LogP contribution in [0.3, 0.4) is 0 Å². The fourth-order valence-corrected chi connectivity index (χ4v) is 8.51. The van der Waals surface area contributed by atoms with E-state index in [-0.39, 0.29) is 0 Å². The van der Waals surface area contributed by atoms with Crippen molar-refractivity contribution in [3.63, 3.8) is 0 Å². The fraction of sp³-hybridized carbons (Fsp3) is 0. The van der Waals surface area contributed by atoms with Gasteiger partial charge in [0.25, 0.3) is 0 Å². The number of rotatable bonds is 2. The van der Waals surface area contributed by atoms with Crippen LogP contribution in [0.2, 0.25) is 0 Å². The molecule has 0 unspecified atom stereocenters. The highest BCUT2D eigenvalue weighted by Crippen LogP contribution is 2.47. The average Bonchev–Trinajstić information content (AvgIpc) is 3.55. The van der Waals surface area contributed by atoms with Crippen molar-refractivity contribution in [3.8, 4) is 22.3 Å². The van der Waals surface area contributed by atoms with Crippen molar-refractivity contribution >= 4 is 86.6 Å². The third-order valence-corrected chi connectivity index (χ3v) is 10.6. The zero-order valence-electron chi connectivity index (χ0n) is 26.6. The van der Waals surface area contributed by atoms with Crippen molar-refractivity contribution in [1.29, 1.82) is 0 Å². The number of hydrogen-bond acceptors (Lipinski definition) is 1. The third kappa shape index (κ3) is 3.76. The van der Waals surface area contributed by atoms with Gasteiger partial charge in [0.15, 0.2) is 0 Å². The SMILES string of the molecule is c1ccc2cc(-c3c4ccccc4c(-c4ccc5c(c4)c4ccccc4c4c5ccc5oc6ccccc6c54)c4ccccc34)ccc2c1. The molecule has 0 bridgehead atoms. The summed E-state index contributed by atoms with van der Waals surface area (Å²) in [4.78, 5) is 0. The Morgan fingerprint density at radius 2 is 0.755 bits per heavy atom. The molecule has 0 spiro atoms. The lowest BCUT2D eigenvalue weighted by Gasteiger charge is -2.19. The zero-order chi connectivity index (χ0) is 32.1. The molecular weight excluding hydrogens is 593 g/mol. The van der Waals surface area contributed by atoms with Gasteiger partial charge >= 0.3 is 0 Å². The highest BCUT2D eigenvalue weighted by atomic mass is 16.3. The molecule has 226 valence electrons. The molecule has 1 aromatic heterocycles. The van der Waals surface area contributed by atoms with Crippen molar-refractivity contribution in [2.45, 2.75) is 0 Å². The largest absolute Gasteiger partial charge is 0.456 e. The first-order valence-corrected chi connectivity index (χ1v) is 16.9. The van der Waals surface area contributed by atoms with E-state index in [1.165, 1.54) is 92.3 Å². The van der Waals surface area contributed by atoms with Crippen molar-refractivity contribution in [2.24, 2.45) is 0 Å². The van der Waals surface area contributed by atoms with Crippen molar-refractivity contribution in [2.75, 3.05) is 0 Å². The maximum atomic E-state index is 6.34. The highest BCUT2D eigenvalue weighted by molar-refractivity contribution is 6.35. The molecule has 0 aliphatic carbocycles. The minimum absolute atomic E-state index is 0.926. The van der Waals surface area contributed by atoms with E-state index in [1.807, 2.05) is 6.07 Å². The van der Waals surface area contributed by atoms with E-state index >= 15 is 0 Å². The Labute approximate surface area is 282 Å². The molecule has 0 aliphatic heterocycles. The topological polar surface area (TPSA) is 13.1 Å². The molecule has 0 saturated heterocycles. The molecule has 1 heteroatoms. The van der Waals surface area contributed by atoms with Gasteiger partial charge in [-0.05, 0) is 112 Å². The summed E-state index contributed by atoms with van der Waals surface area (Å²) >= 11 is 0. The first kappa shape index (κ1) is 26.6. The second-order valence-electron chi connectivity index (χ2n) is 13.2. The minimum atomic E-state index is 0.926. The Hall–Kier alpha value is -6.44. The normalized spacial score (nSPS) is 12.1. The van der Waals surface area contributed by atoms with E-state index in [0.29, 0.717) is 0 Å². The maximum Gasteiger partial charge on any atom is 0.136 e. The van der Waals surface area contributed by atoms with Crippen LogP contribution in [0.25, 0.3) is 109 Å². The molecular formula is C48H28O. The fourth-order valence-electron chi connectivity index (χ4n) is 8.51. The molecule has 1 nitrogen and oxygen atoms in total. The molecule has 0 amide bonds.